The van der Waals surface area contributed by atoms with Gasteiger partial charge in [0.25, 0.3) is 10.1 Å². The van der Waals surface area contributed by atoms with Gasteiger partial charge in [-0.25, -0.2) is 0 Å². The Balaban J connectivity index is 0.000000175. The van der Waals surface area contributed by atoms with Crippen molar-refractivity contribution in [2.75, 3.05) is 13.7 Å². The summed E-state index contributed by atoms with van der Waals surface area (Å²) in [5.41, 5.74) is 0.888. The molecule has 0 amide bonds. The molecule has 0 fully saturated rings. The van der Waals surface area contributed by atoms with Crippen LogP contribution < -0.4 is 4.74 Å². The summed E-state index contributed by atoms with van der Waals surface area (Å²) in [5.74, 6) is 0.819. The van der Waals surface area contributed by atoms with Crippen LogP contribution >= 0.6 is 23.2 Å². The molecule has 0 bridgehead atoms. The van der Waals surface area contributed by atoms with Gasteiger partial charge in [0.05, 0.1) is 18.5 Å². The van der Waals surface area contributed by atoms with Crippen LogP contribution in [-0.4, -0.2) is 22.1 Å². The molecule has 2 aromatic rings. The molecule has 2 aromatic carbocycles. The van der Waals surface area contributed by atoms with Crippen LogP contribution in [0.5, 0.6) is 5.75 Å². The van der Waals surface area contributed by atoms with Gasteiger partial charge in [0.15, 0.2) is 0 Å². The van der Waals surface area contributed by atoms with Gasteiger partial charge in [0, 0.05) is 5.56 Å². The predicted molar refractivity (Wildman–Crippen MR) is 91.6 cm³/mol. The quantitative estimate of drug-likeness (QED) is 0.731. The number of rotatable bonds is 2. The number of halogens is 2. The van der Waals surface area contributed by atoms with Gasteiger partial charge in [-0.1, -0.05) is 53.5 Å². The van der Waals surface area contributed by atoms with E-state index in [0.29, 0.717) is 12.6 Å². The highest BCUT2D eigenvalue weighted by atomic mass is 35.5. The van der Waals surface area contributed by atoms with Crippen molar-refractivity contribution in [2.45, 2.75) is 4.90 Å². The van der Waals surface area contributed by atoms with Gasteiger partial charge in [0.1, 0.15) is 17.3 Å². The second-order valence-corrected chi connectivity index (χ2v) is 6.80. The minimum absolute atomic E-state index is 0.0503. The van der Waals surface area contributed by atoms with Crippen molar-refractivity contribution in [2.24, 2.45) is 0 Å². The molecule has 3 rings (SSSR count). The lowest BCUT2D eigenvalue weighted by Crippen LogP contribution is -2.04. The summed E-state index contributed by atoms with van der Waals surface area (Å²) >= 11 is 11.3. The number of ether oxygens (including phenoxy) is 1. The highest BCUT2D eigenvalue weighted by Gasteiger charge is 2.20. The average Bonchev–Trinajstić information content (AvgIpc) is 2.56. The van der Waals surface area contributed by atoms with Crippen molar-refractivity contribution in [3.8, 4) is 5.75 Å². The Bertz CT molecular complexity index is 846. The molecule has 4 nitrogen and oxygen atoms in total. The first-order chi connectivity index (χ1) is 11.4. The second kappa shape index (κ2) is 7.84. The van der Waals surface area contributed by atoms with Crippen molar-refractivity contribution in [3.05, 3.63) is 64.1 Å². The lowest BCUT2D eigenvalue weighted by molar-refractivity contribution is 0.358. The van der Waals surface area contributed by atoms with Gasteiger partial charge >= 0.3 is 0 Å². The van der Waals surface area contributed by atoms with E-state index in [-0.39, 0.29) is 14.9 Å². The lowest BCUT2D eigenvalue weighted by atomic mass is 10.1. The summed E-state index contributed by atoms with van der Waals surface area (Å²) in [5, 5.41) is 0.101. The Kier molecular flexibility index (Phi) is 5.56. The third kappa shape index (κ3) is 4.48. The van der Waals surface area contributed by atoms with E-state index in [4.69, 9.17) is 29.3 Å². The highest BCUT2D eigenvalue weighted by molar-refractivity contribution is 7.87. The summed E-state index contributed by atoms with van der Waals surface area (Å²) in [6, 6.07) is 10.4. The van der Waals surface area contributed by atoms with E-state index in [1.54, 1.807) is 12.1 Å². The highest BCUT2D eigenvalue weighted by Crippen LogP contribution is 2.29. The number of benzene rings is 2. The molecule has 1 heterocycles. The molecule has 0 aromatic heterocycles. The van der Waals surface area contributed by atoms with E-state index in [1.165, 1.54) is 12.1 Å². The molecule has 0 unspecified atom stereocenters. The van der Waals surface area contributed by atoms with Crippen LogP contribution in [0, 0.1) is 0 Å². The van der Waals surface area contributed by atoms with E-state index in [2.05, 4.69) is 4.18 Å². The van der Waals surface area contributed by atoms with E-state index < -0.39 is 10.1 Å². The largest absolute Gasteiger partial charge is 0.489 e. The Morgan fingerprint density at radius 3 is 2.48 bits per heavy atom. The van der Waals surface area contributed by atoms with Gasteiger partial charge in [-0.3, -0.25) is 4.18 Å². The summed E-state index contributed by atoms with van der Waals surface area (Å²) in [7, 11) is -2.77. The van der Waals surface area contributed by atoms with Gasteiger partial charge < -0.3 is 4.74 Å². The smallest absolute Gasteiger partial charge is 0.299 e. The molecular formula is C16H14Cl2O4S. The summed E-state index contributed by atoms with van der Waals surface area (Å²) in [6.07, 6.45) is 3.85. The van der Waals surface area contributed by atoms with E-state index in [1.807, 2.05) is 24.3 Å². The summed E-state index contributed by atoms with van der Waals surface area (Å²) in [4.78, 5) is -0.194. The van der Waals surface area contributed by atoms with Crippen molar-refractivity contribution in [1.82, 2.24) is 0 Å². The van der Waals surface area contributed by atoms with Crippen LogP contribution in [0.1, 0.15) is 6.93 Å². The Morgan fingerprint density at radius 2 is 1.87 bits per heavy atom. The molecule has 7 heteroatoms. The molecule has 1 aliphatic heterocycles. The number of fused-ring (bicyclic) bond motifs is 1. The molecule has 0 radical (unpaired) electrons. The number of para-hydroxylation sites is 1. The predicted octanol–water partition coefficient (Wildman–Crippen LogP) is 4.42. The van der Waals surface area contributed by atoms with Gasteiger partial charge in [0.2, 0.25) is 0 Å². The van der Waals surface area contributed by atoms with Gasteiger partial charge in [-0.15, -0.1) is 0 Å². The third-order valence-corrected chi connectivity index (χ3v) is 5.09. The monoisotopic (exact) mass is 373 g/mol. The Labute approximate surface area is 146 Å². The topological polar surface area (TPSA) is 52.6 Å². The molecule has 0 saturated carbocycles. The van der Waals surface area contributed by atoms with E-state index >= 15 is 0 Å². The minimum Gasteiger partial charge on any atom is -0.489 e. The summed E-state index contributed by atoms with van der Waals surface area (Å²) < 4.78 is 39.6. The SMILES string of the molecule is COS(=O)(=O)c1c(Cl)cccc1Cl.[2H]c1cccc2c1C=CCO2. The van der Waals surface area contributed by atoms with Gasteiger partial charge in [-0.05, 0) is 24.3 Å². The van der Waals surface area contributed by atoms with Crippen LogP contribution in [0.25, 0.3) is 6.08 Å². The maximum atomic E-state index is 11.3. The lowest BCUT2D eigenvalue weighted by Gasteiger charge is -2.10. The fourth-order valence-electron chi connectivity index (χ4n) is 1.80. The fourth-order valence-corrected chi connectivity index (χ4v) is 3.54. The van der Waals surface area contributed by atoms with Gasteiger partial charge in [-0.2, -0.15) is 8.42 Å². The van der Waals surface area contributed by atoms with E-state index in [0.717, 1.165) is 18.4 Å². The Hall–Kier alpha value is -1.53. The fraction of sp³-hybridized carbons (Fsp3) is 0.125. The van der Waals surface area contributed by atoms with Crippen molar-refractivity contribution in [3.63, 3.8) is 0 Å². The first kappa shape index (κ1) is 16.3. The molecule has 0 saturated heterocycles. The molecule has 0 spiro atoms. The maximum Gasteiger partial charge on any atom is 0.299 e. The van der Waals surface area contributed by atoms with Crippen LogP contribution in [-0.2, 0) is 14.3 Å². The zero-order valence-corrected chi connectivity index (χ0v) is 14.5. The van der Waals surface area contributed by atoms with Crippen molar-refractivity contribution in [1.29, 1.82) is 0 Å². The second-order valence-electron chi connectivity index (χ2n) is 4.33. The molecule has 23 heavy (non-hydrogen) atoms. The summed E-state index contributed by atoms with van der Waals surface area (Å²) in [6.45, 7) is 0.621. The molecule has 0 aliphatic carbocycles. The molecule has 0 N–H and O–H groups in total. The van der Waals surface area contributed by atoms with Crippen LogP contribution in [0.3, 0.4) is 0 Å². The molecule has 1 aliphatic rings. The van der Waals surface area contributed by atoms with Crippen LogP contribution in [0.15, 0.2) is 53.4 Å². The molecular weight excluding hydrogens is 359 g/mol. The minimum atomic E-state index is -3.82. The molecule has 0 atom stereocenters. The van der Waals surface area contributed by atoms with Crippen LogP contribution in [0.4, 0.5) is 0 Å². The molecule has 122 valence electrons. The maximum absolute atomic E-state index is 11.3. The van der Waals surface area contributed by atoms with E-state index in [9.17, 15) is 8.42 Å². The number of hydrogen-bond donors (Lipinski definition) is 0. The normalized spacial score (nSPS) is 13.3. The third-order valence-electron chi connectivity index (χ3n) is 2.86. The zero-order chi connectivity index (χ0) is 17.7. The van der Waals surface area contributed by atoms with Crippen molar-refractivity contribution < 1.29 is 18.7 Å². The van der Waals surface area contributed by atoms with Crippen molar-refractivity contribution >= 4 is 39.4 Å². The zero-order valence-electron chi connectivity index (χ0n) is 13.1. The first-order valence-corrected chi connectivity index (χ1v) is 8.67. The first-order valence-electron chi connectivity index (χ1n) is 7.00. The standard InChI is InChI=1S/C9H8O.C7H6Cl2O3S/c1-2-6-9-8(4-1)5-3-7-10-9;1-12-13(10,11)7-5(8)3-2-4-6(7)9/h1-6H,7H2;2-4H,1H3/i4D;. The Morgan fingerprint density at radius 1 is 1.17 bits per heavy atom. The number of hydrogen-bond acceptors (Lipinski definition) is 4. The van der Waals surface area contributed by atoms with Crippen LogP contribution in [0.2, 0.25) is 10.0 Å². The average molecular weight is 374 g/mol.